The number of aliphatic carboxylic acids is 1. The number of carbonyl (C=O) groups is 1. The van der Waals surface area contributed by atoms with Crippen molar-refractivity contribution in [3.8, 4) is 5.75 Å². The molecule has 0 bridgehead atoms. The van der Waals surface area contributed by atoms with Crippen LogP contribution in [0.25, 0.3) is 0 Å². The standard InChI is InChI=1S/C15H20FNO4/c1-15(8-21-9-15)7-17(2)13(14(18)19)11-6-10(16)4-5-12(11)20-3/h4-6,13H,7-9H2,1-3H3,(H,18,19). The van der Waals surface area contributed by atoms with Gasteiger partial charge in [-0.2, -0.15) is 0 Å². The van der Waals surface area contributed by atoms with E-state index in [-0.39, 0.29) is 5.41 Å². The largest absolute Gasteiger partial charge is 0.496 e. The number of nitrogens with zero attached hydrogens (tertiary/aromatic N) is 1. The Morgan fingerprint density at radius 1 is 1.57 bits per heavy atom. The van der Waals surface area contributed by atoms with E-state index in [0.29, 0.717) is 31.1 Å². The highest BCUT2D eigenvalue weighted by molar-refractivity contribution is 5.76. The minimum absolute atomic E-state index is 0.0665. The van der Waals surface area contributed by atoms with Crippen LogP contribution in [-0.2, 0) is 9.53 Å². The van der Waals surface area contributed by atoms with Crippen molar-refractivity contribution in [3.05, 3.63) is 29.6 Å². The molecule has 0 amide bonds. The number of hydrogen-bond acceptors (Lipinski definition) is 4. The Hall–Kier alpha value is -1.66. The molecule has 21 heavy (non-hydrogen) atoms. The number of carboxylic acids is 1. The van der Waals surface area contributed by atoms with Crippen molar-refractivity contribution in [1.29, 1.82) is 0 Å². The monoisotopic (exact) mass is 297 g/mol. The average Bonchev–Trinajstić information content (AvgIpc) is 2.37. The van der Waals surface area contributed by atoms with Gasteiger partial charge in [0, 0.05) is 17.5 Å². The number of ether oxygens (including phenoxy) is 2. The number of hydrogen-bond donors (Lipinski definition) is 1. The maximum absolute atomic E-state index is 13.5. The Kier molecular flexibility index (Phi) is 4.49. The lowest BCUT2D eigenvalue weighted by Gasteiger charge is -2.42. The van der Waals surface area contributed by atoms with Crippen molar-refractivity contribution < 1.29 is 23.8 Å². The van der Waals surface area contributed by atoms with E-state index in [0.717, 1.165) is 0 Å². The zero-order valence-electron chi connectivity index (χ0n) is 12.4. The molecule has 1 aliphatic rings. The van der Waals surface area contributed by atoms with Crippen molar-refractivity contribution >= 4 is 5.97 Å². The maximum Gasteiger partial charge on any atom is 0.325 e. The zero-order chi connectivity index (χ0) is 15.6. The van der Waals surface area contributed by atoms with Crippen LogP contribution >= 0.6 is 0 Å². The Morgan fingerprint density at radius 3 is 2.71 bits per heavy atom. The molecule has 1 unspecified atom stereocenters. The van der Waals surface area contributed by atoms with Crippen molar-refractivity contribution in [2.45, 2.75) is 13.0 Å². The molecule has 1 aliphatic heterocycles. The summed E-state index contributed by atoms with van der Waals surface area (Å²) in [6.07, 6.45) is 0. The highest BCUT2D eigenvalue weighted by atomic mass is 19.1. The molecule has 2 rings (SSSR count). The third-order valence-electron chi connectivity index (χ3n) is 3.69. The van der Waals surface area contributed by atoms with Crippen LogP contribution in [0.4, 0.5) is 4.39 Å². The summed E-state index contributed by atoms with van der Waals surface area (Å²) in [4.78, 5) is 13.4. The normalized spacial score (nSPS) is 18.1. The first-order valence-electron chi connectivity index (χ1n) is 6.70. The zero-order valence-corrected chi connectivity index (χ0v) is 12.4. The Morgan fingerprint density at radius 2 is 2.24 bits per heavy atom. The van der Waals surface area contributed by atoms with E-state index in [4.69, 9.17) is 9.47 Å². The molecule has 116 valence electrons. The third-order valence-corrected chi connectivity index (χ3v) is 3.69. The summed E-state index contributed by atoms with van der Waals surface area (Å²) in [5, 5.41) is 9.54. The van der Waals surface area contributed by atoms with E-state index < -0.39 is 17.8 Å². The van der Waals surface area contributed by atoms with Gasteiger partial charge < -0.3 is 14.6 Å². The minimum Gasteiger partial charge on any atom is -0.496 e. The molecule has 1 fully saturated rings. The maximum atomic E-state index is 13.5. The smallest absolute Gasteiger partial charge is 0.325 e. The molecule has 1 saturated heterocycles. The Labute approximate surface area is 123 Å². The molecule has 6 heteroatoms. The molecular weight excluding hydrogens is 277 g/mol. The molecule has 1 aromatic carbocycles. The molecular formula is C15H20FNO4. The van der Waals surface area contributed by atoms with Crippen LogP contribution in [0.2, 0.25) is 0 Å². The number of benzene rings is 1. The van der Waals surface area contributed by atoms with E-state index in [1.807, 2.05) is 6.92 Å². The molecule has 1 heterocycles. The van der Waals surface area contributed by atoms with Gasteiger partial charge in [-0.15, -0.1) is 0 Å². The van der Waals surface area contributed by atoms with Gasteiger partial charge in [0.2, 0.25) is 0 Å². The summed E-state index contributed by atoms with van der Waals surface area (Å²) >= 11 is 0. The van der Waals surface area contributed by atoms with Gasteiger partial charge in [0.05, 0.1) is 20.3 Å². The Balaban J connectivity index is 2.30. The number of likely N-dealkylation sites (N-methyl/N-ethyl adjacent to an activating group) is 1. The van der Waals surface area contributed by atoms with Gasteiger partial charge in [0.25, 0.3) is 0 Å². The third kappa shape index (κ3) is 3.33. The van der Waals surface area contributed by atoms with Gasteiger partial charge in [0.1, 0.15) is 17.6 Å². The predicted molar refractivity (Wildman–Crippen MR) is 74.9 cm³/mol. The van der Waals surface area contributed by atoms with Gasteiger partial charge >= 0.3 is 5.97 Å². The van der Waals surface area contributed by atoms with E-state index in [9.17, 15) is 14.3 Å². The van der Waals surface area contributed by atoms with Crippen LogP contribution in [0.3, 0.4) is 0 Å². The second kappa shape index (κ2) is 5.99. The molecule has 1 aromatic rings. The molecule has 0 aliphatic carbocycles. The van der Waals surface area contributed by atoms with Crippen molar-refractivity contribution in [1.82, 2.24) is 4.90 Å². The van der Waals surface area contributed by atoms with E-state index in [1.165, 1.54) is 25.3 Å². The second-order valence-corrected chi connectivity index (χ2v) is 5.85. The summed E-state index contributed by atoms with van der Waals surface area (Å²) in [6, 6.07) is 2.95. The summed E-state index contributed by atoms with van der Waals surface area (Å²) in [5.74, 6) is -1.15. The topological polar surface area (TPSA) is 59.0 Å². The fraction of sp³-hybridized carbons (Fsp3) is 0.533. The molecule has 0 radical (unpaired) electrons. The van der Waals surface area contributed by atoms with E-state index in [2.05, 4.69) is 0 Å². The van der Waals surface area contributed by atoms with Crippen molar-refractivity contribution in [2.24, 2.45) is 5.41 Å². The van der Waals surface area contributed by atoms with Crippen LogP contribution in [0.5, 0.6) is 5.75 Å². The van der Waals surface area contributed by atoms with Gasteiger partial charge in [-0.3, -0.25) is 9.69 Å². The quantitative estimate of drug-likeness (QED) is 0.869. The summed E-state index contributed by atoms with van der Waals surface area (Å²) < 4.78 is 23.9. The number of carboxylic acid groups (broad SMARTS) is 1. The highest BCUT2D eigenvalue weighted by Crippen LogP contribution is 2.34. The first-order valence-corrected chi connectivity index (χ1v) is 6.70. The lowest BCUT2D eigenvalue weighted by molar-refractivity contribution is -0.148. The number of methoxy groups -OCH3 is 1. The Bertz CT molecular complexity index is 530. The number of halogens is 1. The SMILES string of the molecule is COc1ccc(F)cc1C(C(=O)O)N(C)CC1(C)COC1. The number of rotatable bonds is 6. The van der Waals surface area contributed by atoms with Crippen molar-refractivity contribution in [3.63, 3.8) is 0 Å². The molecule has 0 saturated carbocycles. The van der Waals surface area contributed by atoms with E-state index >= 15 is 0 Å². The van der Waals surface area contributed by atoms with Gasteiger partial charge in [-0.25, -0.2) is 4.39 Å². The molecule has 0 spiro atoms. The highest BCUT2D eigenvalue weighted by Gasteiger charge is 2.38. The van der Waals surface area contributed by atoms with E-state index in [1.54, 1.807) is 11.9 Å². The summed E-state index contributed by atoms with van der Waals surface area (Å²) in [6.45, 7) is 3.78. The fourth-order valence-corrected chi connectivity index (χ4v) is 2.71. The van der Waals surface area contributed by atoms with Gasteiger partial charge in [0.15, 0.2) is 0 Å². The molecule has 1 N–H and O–H groups in total. The van der Waals surface area contributed by atoms with Crippen LogP contribution in [0.15, 0.2) is 18.2 Å². The first-order chi connectivity index (χ1) is 9.86. The predicted octanol–water partition coefficient (Wildman–Crippen LogP) is 1.93. The van der Waals surface area contributed by atoms with Gasteiger partial charge in [-0.05, 0) is 25.2 Å². The van der Waals surface area contributed by atoms with Gasteiger partial charge in [-0.1, -0.05) is 6.92 Å². The van der Waals surface area contributed by atoms with Crippen LogP contribution < -0.4 is 4.74 Å². The molecule has 1 atom stereocenters. The second-order valence-electron chi connectivity index (χ2n) is 5.85. The molecule has 5 nitrogen and oxygen atoms in total. The van der Waals surface area contributed by atoms with Crippen LogP contribution in [-0.4, -0.2) is 49.9 Å². The summed E-state index contributed by atoms with van der Waals surface area (Å²) in [5.41, 5.74) is 0.250. The van der Waals surface area contributed by atoms with Crippen LogP contribution in [0.1, 0.15) is 18.5 Å². The minimum atomic E-state index is -1.04. The first kappa shape index (κ1) is 15.7. The lowest BCUT2D eigenvalue weighted by Crippen LogP contribution is -2.49. The lowest BCUT2D eigenvalue weighted by atomic mass is 9.87. The fourth-order valence-electron chi connectivity index (χ4n) is 2.71. The average molecular weight is 297 g/mol. The summed E-state index contributed by atoms with van der Waals surface area (Å²) in [7, 11) is 3.16. The molecule has 0 aromatic heterocycles. The van der Waals surface area contributed by atoms with Crippen molar-refractivity contribution in [2.75, 3.05) is 33.9 Å². The van der Waals surface area contributed by atoms with Crippen LogP contribution in [0, 0.1) is 11.2 Å².